The number of aromatic nitrogens is 6. The number of pyridine rings is 6. The molecule has 20 heteroatoms. The van der Waals surface area contributed by atoms with Crippen molar-refractivity contribution in [1.29, 1.82) is 0 Å². The van der Waals surface area contributed by atoms with Gasteiger partial charge in [0.25, 0.3) is 0 Å². The molecule has 6 aromatic heterocycles. The van der Waals surface area contributed by atoms with Crippen molar-refractivity contribution in [3.8, 4) is 0 Å². The molecule has 3 aliphatic rings. The second-order valence-electron chi connectivity index (χ2n) is 13.2. The molecule has 9 heterocycles. The minimum Gasteiger partial charge on any atom is -0.254 e. The van der Waals surface area contributed by atoms with Crippen molar-refractivity contribution in [2.45, 2.75) is 0 Å². The number of carbonyl (C=O) groups excluding carboxylic acids is 6. The molecule has 0 saturated carbocycles. The predicted molar refractivity (Wildman–Crippen MR) is 213 cm³/mol. The zero-order chi connectivity index (χ0) is 42.3. The molecule has 3 aliphatic heterocycles. The summed E-state index contributed by atoms with van der Waals surface area (Å²) in [5, 5.41) is 6.83. The molecule has 12 rings (SSSR count). The molecule has 0 N–H and O–H groups in total. The molecule has 1 spiro atoms. The Morgan fingerprint density at radius 2 is 0.435 bits per heavy atom. The summed E-state index contributed by atoms with van der Waals surface area (Å²) in [5.74, 6) is -10.9. The molecule has 0 amide bonds. The maximum atomic E-state index is 11.1. The summed E-state index contributed by atoms with van der Waals surface area (Å²) in [6, 6.07) is 36.4. The van der Waals surface area contributed by atoms with Gasteiger partial charge in [0.1, 0.15) is 0 Å². The van der Waals surface area contributed by atoms with Gasteiger partial charge in [-0.3, -0.25) is 29.9 Å². The third-order valence-electron chi connectivity index (χ3n) is 9.34. The molecular weight excluding hydrogens is 912 g/mol. The van der Waals surface area contributed by atoms with Gasteiger partial charge in [0.05, 0.1) is 33.1 Å². The van der Waals surface area contributed by atoms with Gasteiger partial charge in [0, 0.05) is 69.5 Å². The number of benzene rings is 3. The van der Waals surface area contributed by atoms with Gasteiger partial charge < -0.3 is 0 Å². The fourth-order valence-corrected chi connectivity index (χ4v) is 13.9. The minimum absolute atomic E-state index is 0. The van der Waals surface area contributed by atoms with Crippen LogP contribution in [0.3, 0.4) is 0 Å². The standard InChI is InChI=1S/3C12H8N2.C6GeO12.Ni/c3*1-3-9-5-6-10-4-2-8-14-12(10)11(9)13-7-1;8-1-2(9)15-7(14-1,16-3(10)4(11)17-7)18-5(12)6(13)19-7;/h3*1-8H;;/q;;;-2;+2. The van der Waals surface area contributed by atoms with Crippen LogP contribution in [-0.2, 0) is 67.8 Å². The van der Waals surface area contributed by atoms with Crippen LogP contribution in [0.5, 0.6) is 0 Å². The quantitative estimate of drug-likeness (QED) is 0.111. The summed E-state index contributed by atoms with van der Waals surface area (Å²) in [7, 11) is 0. The van der Waals surface area contributed by atoms with Gasteiger partial charge in [0.2, 0.25) is 0 Å². The first-order chi connectivity index (χ1) is 29.5. The molecule has 3 aromatic carbocycles. The molecule has 308 valence electrons. The van der Waals surface area contributed by atoms with E-state index >= 15 is 0 Å². The van der Waals surface area contributed by atoms with E-state index in [0.717, 1.165) is 65.4 Å². The van der Waals surface area contributed by atoms with Gasteiger partial charge >= 0.3 is 117 Å². The summed E-state index contributed by atoms with van der Waals surface area (Å²) in [6.07, 6.45) is 10.8. The van der Waals surface area contributed by atoms with Crippen LogP contribution in [0.25, 0.3) is 65.4 Å². The zero-order valence-electron chi connectivity index (χ0n) is 31.3. The van der Waals surface area contributed by atoms with E-state index in [4.69, 9.17) is 0 Å². The molecule has 3 fully saturated rings. The van der Waals surface area contributed by atoms with E-state index in [0.29, 0.717) is 0 Å². The van der Waals surface area contributed by atoms with Crippen LogP contribution in [0.1, 0.15) is 0 Å². The van der Waals surface area contributed by atoms with E-state index in [1.165, 1.54) is 0 Å². The average molecular weight is 936 g/mol. The smallest absolute Gasteiger partial charge is 0.254 e. The van der Waals surface area contributed by atoms with Crippen LogP contribution in [-0.4, -0.2) is 78.8 Å². The van der Waals surface area contributed by atoms with Crippen molar-refractivity contribution in [3.05, 3.63) is 146 Å². The summed E-state index contributed by atoms with van der Waals surface area (Å²) in [4.78, 5) is 92.7. The number of nitrogens with zero attached hydrogens (tertiary/aromatic N) is 6. The Kier molecular flexibility index (Phi) is 10.0. The Labute approximate surface area is 357 Å². The van der Waals surface area contributed by atoms with Crippen LogP contribution < -0.4 is 0 Å². The number of hydrogen-bond donors (Lipinski definition) is 0. The second-order valence-corrected chi connectivity index (χ2v) is 21.0. The molecule has 0 bridgehead atoms. The van der Waals surface area contributed by atoms with Gasteiger partial charge in [-0.05, 0) is 36.4 Å². The summed E-state index contributed by atoms with van der Waals surface area (Å²) < 4.78 is 25.5. The molecular formula is C42H24GeN6NiO12. The first-order valence-electron chi connectivity index (χ1n) is 18.0. The van der Waals surface area contributed by atoms with Crippen molar-refractivity contribution < 1.29 is 67.8 Å². The van der Waals surface area contributed by atoms with Gasteiger partial charge in [-0.15, -0.1) is 0 Å². The van der Waals surface area contributed by atoms with Crippen molar-refractivity contribution in [2.75, 3.05) is 0 Å². The molecule has 3 saturated heterocycles. The van der Waals surface area contributed by atoms with Crippen LogP contribution in [0, 0.1) is 0 Å². The molecule has 0 radical (unpaired) electrons. The van der Waals surface area contributed by atoms with Gasteiger partial charge in [-0.2, -0.15) is 0 Å². The molecule has 0 aliphatic carbocycles. The topological polar surface area (TPSA) is 235 Å². The van der Waals surface area contributed by atoms with E-state index in [1.807, 2.05) is 36.4 Å². The molecule has 0 atom stereocenters. The number of fused-ring (bicyclic) bond motifs is 9. The number of rotatable bonds is 0. The zero-order valence-corrected chi connectivity index (χ0v) is 34.3. The van der Waals surface area contributed by atoms with E-state index in [9.17, 15) is 28.8 Å². The van der Waals surface area contributed by atoms with Crippen LogP contribution in [0.15, 0.2) is 146 Å². The minimum atomic E-state index is -7.81. The third-order valence-corrected chi connectivity index (χ3v) is 16.9. The van der Waals surface area contributed by atoms with Gasteiger partial charge in [-0.1, -0.05) is 72.8 Å². The maximum Gasteiger partial charge on any atom is 2.00 e. The Bertz CT molecular complexity index is 2810. The van der Waals surface area contributed by atoms with E-state index < -0.39 is 48.9 Å². The normalized spacial score (nSPS) is 17.2. The monoisotopic (exact) mass is 936 g/mol. The number of carbonyl (C=O) groups is 6. The van der Waals surface area contributed by atoms with E-state index in [2.05, 4.69) is 125 Å². The third kappa shape index (κ3) is 6.99. The summed E-state index contributed by atoms with van der Waals surface area (Å²) in [6.45, 7) is 0. The summed E-state index contributed by atoms with van der Waals surface area (Å²) >= 11 is -7.81. The Morgan fingerprint density at radius 3 is 0.597 bits per heavy atom. The molecule has 0 unspecified atom stereocenters. The van der Waals surface area contributed by atoms with Crippen LogP contribution >= 0.6 is 0 Å². The second kappa shape index (κ2) is 15.2. The van der Waals surface area contributed by atoms with Crippen molar-refractivity contribution >= 4 is 114 Å². The van der Waals surface area contributed by atoms with Crippen LogP contribution in [0.2, 0.25) is 0 Å². The Hall–Kier alpha value is -8.02. The van der Waals surface area contributed by atoms with Crippen molar-refractivity contribution in [3.63, 3.8) is 0 Å². The van der Waals surface area contributed by atoms with Gasteiger partial charge in [0.15, 0.2) is 0 Å². The maximum absolute atomic E-state index is 11.1. The van der Waals surface area contributed by atoms with Crippen molar-refractivity contribution in [1.82, 2.24) is 29.9 Å². The van der Waals surface area contributed by atoms with Gasteiger partial charge in [-0.25, -0.2) is 0 Å². The predicted octanol–water partition coefficient (Wildman–Crippen LogP) is 4.97. The van der Waals surface area contributed by atoms with Crippen LogP contribution in [0.4, 0.5) is 0 Å². The fraction of sp³-hybridized carbons (Fsp3) is 0. The number of hydrogen-bond acceptors (Lipinski definition) is 18. The summed E-state index contributed by atoms with van der Waals surface area (Å²) in [5.41, 5.74) is 5.86. The Balaban J connectivity index is 0.000000114. The molecule has 62 heavy (non-hydrogen) atoms. The molecule has 18 nitrogen and oxygen atoms in total. The molecule has 9 aromatic rings. The van der Waals surface area contributed by atoms with E-state index in [-0.39, 0.29) is 16.5 Å². The largest absolute Gasteiger partial charge is 2.00 e. The first kappa shape index (κ1) is 40.7. The Morgan fingerprint density at radius 1 is 0.274 bits per heavy atom. The fourth-order valence-electron chi connectivity index (χ4n) is 6.74. The first-order valence-corrected chi connectivity index (χ1v) is 23.2. The SMILES string of the molecule is O=C1[O][Ge-2]23([O]C1=O)([O]C(=O)C(=O)[O]2)[O]C(=O)C(=O)[O]3.[Ni+2].c1cnc2c(c1)ccc1cccnc12.c1cnc2c(c1)ccc1cccnc12.c1cnc2c(c1)ccc1cccnc12. The average Bonchev–Trinajstić information content (AvgIpc) is 3.76. The van der Waals surface area contributed by atoms with E-state index in [1.54, 1.807) is 37.2 Å². The van der Waals surface area contributed by atoms with Crippen molar-refractivity contribution in [2.24, 2.45) is 0 Å².